The molecule has 2 aromatic rings. The maximum atomic E-state index is 10.9. The highest BCUT2D eigenvalue weighted by atomic mass is 32.1. The summed E-state index contributed by atoms with van der Waals surface area (Å²) in [5.74, 6) is 0.505. The van der Waals surface area contributed by atoms with E-state index in [0.29, 0.717) is 12.3 Å². The lowest BCUT2D eigenvalue weighted by Crippen LogP contribution is -2.37. The molecule has 22 heavy (non-hydrogen) atoms. The van der Waals surface area contributed by atoms with Crippen LogP contribution in [0.15, 0.2) is 6.20 Å². The lowest BCUT2D eigenvalue weighted by Gasteiger charge is -2.35. The number of amides is 1. The zero-order chi connectivity index (χ0) is 15.5. The summed E-state index contributed by atoms with van der Waals surface area (Å²) in [6, 6.07) is 0. The van der Waals surface area contributed by atoms with Gasteiger partial charge in [-0.3, -0.25) is 4.79 Å². The molecular weight excluding hydrogens is 300 g/mol. The molecule has 7 heteroatoms. The number of aromatic nitrogens is 2. The second-order valence-corrected chi connectivity index (χ2v) is 6.76. The topological polar surface area (TPSA) is 67.3 Å². The van der Waals surface area contributed by atoms with E-state index in [1.807, 2.05) is 6.92 Å². The Kier molecular flexibility index (Phi) is 4.54. The predicted octanol–water partition coefficient (Wildman–Crippen LogP) is 2.43. The van der Waals surface area contributed by atoms with E-state index in [0.717, 1.165) is 52.8 Å². The van der Waals surface area contributed by atoms with E-state index in [9.17, 15) is 4.79 Å². The summed E-state index contributed by atoms with van der Waals surface area (Å²) in [7, 11) is 1.74. The third kappa shape index (κ3) is 2.91. The monoisotopic (exact) mass is 320 g/mol. The Morgan fingerprint density at radius 3 is 3.23 bits per heavy atom. The number of nitrogens with one attached hydrogen (secondary N) is 1. The molecule has 1 aliphatic rings. The van der Waals surface area contributed by atoms with Crippen molar-refractivity contribution in [2.75, 3.05) is 37.0 Å². The Balaban J connectivity index is 2.02. The third-order valence-electron chi connectivity index (χ3n) is 3.96. The fraction of sp³-hybridized carbons (Fsp3) is 0.533. The van der Waals surface area contributed by atoms with Gasteiger partial charge in [-0.15, -0.1) is 0 Å². The molecule has 3 rings (SSSR count). The highest BCUT2D eigenvalue weighted by molar-refractivity contribution is 7.18. The van der Waals surface area contributed by atoms with Crippen molar-refractivity contribution in [3.63, 3.8) is 0 Å². The van der Waals surface area contributed by atoms with Crippen molar-refractivity contribution in [3.8, 4) is 0 Å². The number of piperidine rings is 1. The minimum Gasteiger partial charge on any atom is -0.384 e. The summed E-state index contributed by atoms with van der Waals surface area (Å²) in [4.78, 5) is 23.2. The van der Waals surface area contributed by atoms with Gasteiger partial charge >= 0.3 is 0 Å². The Hall–Kier alpha value is -1.73. The number of carbonyl (C=O) groups excluding carboxylic acids is 1. The summed E-state index contributed by atoms with van der Waals surface area (Å²) in [6.07, 6.45) is 4.71. The predicted molar refractivity (Wildman–Crippen MR) is 88.7 cm³/mol. The molecule has 1 unspecified atom stereocenters. The SMILES string of the molecule is COCC1CCCN(c2c(NC=O)cnc3sc(C)nc23)C1. The Bertz CT molecular complexity index is 671. The molecule has 1 atom stereocenters. The quantitative estimate of drug-likeness (QED) is 0.857. The minimum absolute atomic E-state index is 0.505. The zero-order valence-electron chi connectivity index (χ0n) is 12.8. The van der Waals surface area contributed by atoms with Gasteiger partial charge in [0.1, 0.15) is 10.3 Å². The van der Waals surface area contributed by atoms with Crippen LogP contribution in [0.3, 0.4) is 0 Å². The van der Waals surface area contributed by atoms with Gasteiger partial charge in [0.05, 0.1) is 29.2 Å². The summed E-state index contributed by atoms with van der Waals surface area (Å²) in [5, 5.41) is 3.75. The molecule has 1 aliphatic heterocycles. The van der Waals surface area contributed by atoms with Gasteiger partial charge < -0.3 is 15.0 Å². The fourth-order valence-electron chi connectivity index (χ4n) is 3.10. The number of ether oxygens (including phenoxy) is 1. The lowest BCUT2D eigenvalue weighted by atomic mass is 9.98. The lowest BCUT2D eigenvalue weighted by molar-refractivity contribution is -0.105. The molecule has 2 aromatic heterocycles. The van der Waals surface area contributed by atoms with Gasteiger partial charge in [0.15, 0.2) is 0 Å². The number of thiazole rings is 1. The van der Waals surface area contributed by atoms with E-state index in [4.69, 9.17) is 4.74 Å². The molecule has 118 valence electrons. The number of rotatable bonds is 5. The van der Waals surface area contributed by atoms with E-state index in [2.05, 4.69) is 20.2 Å². The summed E-state index contributed by atoms with van der Waals surface area (Å²) in [5.41, 5.74) is 2.60. The fourth-order valence-corrected chi connectivity index (χ4v) is 3.86. The maximum absolute atomic E-state index is 10.9. The minimum atomic E-state index is 0.505. The second kappa shape index (κ2) is 6.58. The molecule has 0 aromatic carbocycles. The van der Waals surface area contributed by atoms with Crippen LogP contribution >= 0.6 is 11.3 Å². The summed E-state index contributed by atoms with van der Waals surface area (Å²) in [6.45, 7) is 4.62. The average molecular weight is 320 g/mol. The maximum Gasteiger partial charge on any atom is 0.211 e. The molecular formula is C15H20N4O2S. The van der Waals surface area contributed by atoms with Crippen LogP contribution in [-0.2, 0) is 9.53 Å². The molecule has 0 aliphatic carbocycles. The van der Waals surface area contributed by atoms with Gasteiger partial charge in [0.2, 0.25) is 6.41 Å². The molecule has 1 saturated heterocycles. The first-order valence-electron chi connectivity index (χ1n) is 7.43. The number of aryl methyl sites for hydroxylation is 1. The smallest absolute Gasteiger partial charge is 0.211 e. The number of anilines is 2. The standard InChI is InChI=1S/C15H20N4O2S/c1-10-18-13-14(12(17-9-20)6-16-15(13)22-10)19-5-3-4-11(7-19)8-21-2/h6,9,11H,3-5,7-8H2,1-2H3,(H,17,20). The van der Waals surface area contributed by atoms with Crippen molar-refractivity contribution in [2.24, 2.45) is 5.92 Å². The first kappa shape index (κ1) is 15.2. The van der Waals surface area contributed by atoms with Crippen molar-refractivity contribution < 1.29 is 9.53 Å². The summed E-state index contributed by atoms with van der Waals surface area (Å²) >= 11 is 1.58. The molecule has 0 radical (unpaired) electrons. The Morgan fingerprint density at radius 1 is 1.59 bits per heavy atom. The molecule has 0 spiro atoms. The largest absolute Gasteiger partial charge is 0.384 e. The molecule has 1 amide bonds. The van der Waals surface area contributed by atoms with Crippen LogP contribution in [0.2, 0.25) is 0 Å². The molecule has 0 bridgehead atoms. The van der Waals surface area contributed by atoms with Crippen molar-refractivity contribution >= 4 is 39.5 Å². The van der Waals surface area contributed by atoms with Crippen molar-refractivity contribution in [3.05, 3.63) is 11.2 Å². The molecule has 3 heterocycles. The first-order chi connectivity index (χ1) is 10.7. The van der Waals surface area contributed by atoms with Gasteiger partial charge in [-0.05, 0) is 25.7 Å². The number of hydrogen-bond donors (Lipinski definition) is 1. The highest BCUT2D eigenvalue weighted by Crippen LogP contribution is 2.37. The number of fused-ring (bicyclic) bond motifs is 1. The van der Waals surface area contributed by atoms with Crippen LogP contribution in [0.4, 0.5) is 11.4 Å². The molecule has 0 saturated carbocycles. The number of methoxy groups -OCH3 is 1. The van der Waals surface area contributed by atoms with E-state index < -0.39 is 0 Å². The van der Waals surface area contributed by atoms with Gasteiger partial charge in [0, 0.05) is 20.2 Å². The van der Waals surface area contributed by atoms with Crippen LogP contribution in [0.5, 0.6) is 0 Å². The van der Waals surface area contributed by atoms with Gasteiger partial charge in [0.25, 0.3) is 0 Å². The number of carbonyl (C=O) groups is 1. The molecule has 6 nitrogen and oxygen atoms in total. The second-order valence-electron chi connectivity index (χ2n) is 5.58. The Morgan fingerprint density at radius 2 is 2.45 bits per heavy atom. The number of pyridine rings is 1. The van der Waals surface area contributed by atoms with Crippen LogP contribution in [0.1, 0.15) is 17.8 Å². The van der Waals surface area contributed by atoms with Gasteiger partial charge in [-0.2, -0.15) is 0 Å². The van der Waals surface area contributed by atoms with Crippen LogP contribution in [0, 0.1) is 12.8 Å². The van der Waals surface area contributed by atoms with Crippen LogP contribution < -0.4 is 10.2 Å². The first-order valence-corrected chi connectivity index (χ1v) is 8.24. The number of nitrogens with zero attached hydrogens (tertiary/aromatic N) is 3. The Labute approximate surface area is 133 Å². The van der Waals surface area contributed by atoms with Crippen molar-refractivity contribution in [1.29, 1.82) is 0 Å². The normalized spacial score (nSPS) is 18.6. The van der Waals surface area contributed by atoms with Crippen LogP contribution in [0.25, 0.3) is 10.3 Å². The zero-order valence-corrected chi connectivity index (χ0v) is 13.7. The summed E-state index contributed by atoms with van der Waals surface area (Å²) < 4.78 is 5.31. The van der Waals surface area contributed by atoms with Crippen molar-refractivity contribution in [2.45, 2.75) is 19.8 Å². The van der Waals surface area contributed by atoms with Crippen molar-refractivity contribution in [1.82, 2.24) is 9.97 Å². The average Bonchev–Trinajstić information content (AvgIpc) is 2.88. The third-order valence-corrected chi connectivity index (χ3v) is 4.84. The number of hydrogen-bond acceptors (Lipinski definition) is 6. The molecule has 1 N–H and O–H groups in total. The van der Waals surface area contributed by atoms with Gasteiger partial charge in [-0.1, -0.05) is 11.3 Å². The van der Waals surface area contributed by atoms with E-state index >= 15 is 0 Å². The van der Waals surface area contributed by atoms with Gasteiger partial charge in [-0.25, -0.2) is 9.97 Å². The molecule has 1 fully saturated rings. The van der Waals surface area contributed by atoms with E-state index in [-0.39, 0.29) is 0 Å². The van der Waals surface area contributed by atoms with Crippen LogP contribution in [-0.4, -0.2) is 43.2 Å². The van der Waals surface area contributed by atoms with E-state index in [1.165, 1.54) is 6.42 Å². The highest BCUT2D eigenvalue weighted by Gasteiger charge is 2.25. The van der Waals surface area contributed by atoms with E-state index in [1.54, 1.807) is 24.6 Å².